The molecule has 0 spiro atoms. The fraction of sp³-hybridized carbons (Fsp3) is 0.529. The van der Waals surface area contributed by atoms with Crippen molar-refractivity contribution in [2.45, 2.75) is 18.9 Å². The number of urea groups is 1. The average Bonchev–Trinajstić information content (AvgIpc) is 3.23. The van der Waals surface area contributed by atoms with Gasteiger partial charge in [-0.2, -0.15) is 0 Å². The lowest BCUT2D eigenvalue weighted by Gasteiger charge is -2.27. The van der Waals surface area contributed by atoms with Crippen LogP contribution in [0, 0.1) is 0 Å². The van der Waals surface area contributed by atoms with E-state index in [1.165, 1.54) is 4.90 Å². The van der Waals surface area contributed by atoms with E-state index in [1.807, 2.05) is 18.2 Å². The molecule has 1 aromatic rings. The Balaban J connectivity index is 1.78. The van der Waals surface area contributed by atoms with Gasteiger partial charge in [0.1, 0.15) is 11.5 Å². The molecule has 2 saturated heterocycles. The van der Waals surface area contributed by atoms with Crippen LogP contribution in [0.15, 0.2) is 18.2 Å². The third-order valence-corrected chi connectivity index (χ3v) is 4.66. The Bertz CT molecular complexity index is 634. The molecule has 3 amide bonds. The van der Waals surface area contributed by atoms with Gasteiger partial charge in [0.15, 0.2) is 0 Å². The molecular weight excluding hydrogens is 310 g/mol. The number of ether oxygens (including phenoxy) is 2. The number of imide groups is 1. The number of benzene rings is 1. The van der Waals surface area contributed by atoms with Crippen LogP contribution in [-0.2, 0) is 4.79 Å². The molecule has 0 saturated carbocycles. The maximum atomic E-state index is 12.4. The molecule has 7 heteroatoms. The number of amides is 3. The quantitative estimate of drug-likeness (QED) is 0.882. The van der Waals surface area contributed by atoms with E-state index < -0.39 is 0 Å². The molecule has 0 aliphatic carbocycles. The van der Waals surface area contributed by atoms with Crippen molar-refractivity contribution in [2.75, 3.05) is 40.4 Å². The van der Waals surface area contributed by atoms with Gasteiger partial charge in [0.05, 0.1) is 20.8 Å². The van der Waals surface area contributed by atoms with Crippen molar-refractivity contribution in [3.05, 3.63) is 23.8 Å². The molecule has 2 heterocycles. The molecule has 3 rings (SSSR count). The van der Waals surface area contributed by atoms with Gasteiger partial charge in [-0.1, -0.05) is 0 Å². The zero-order valence-electron chi connectivity index (χ0n) is 14.1. The molecule has 1 atom stereocenters. The Morgan fingerprint density at radius 2 is 2.12 bits per heavy atom. The third-order valence-electron chi connectivity index (χ3n) is 4.66. The number of carbonyl (C=O) groups is 2. The number of rotatable bonds is 5. The van der Waals surface area contributed by atoms with Crippen LogP contribution in [-0.4, -0.2) is 62.1 Å². The summed E-state index contributed by atoms with van der Waals surface area (Å²) in [4.78, 5) is 27.5. The highest BCUT2D eigenvalue weighted by Gasteiger charge is 2.33. The van der Waals surface area contributed by atoms with Gasteiger partial charge in [-0.25, -0.2) is 4.79 Å². The fourth-order valence-electron chi connectivity index (χ4n) is 3.44. The monoisotopic (exact) mass is 333 g/mol. The minimum Gasteiger partial charge on any atom is -0.497 e. The van der Waals surface area contributed by atoms with E-state index in [2.05, 4.69) is 10.2 Å². The summed E-state index contributed by atoms with van der Waals surface area (Å²) in [6, 6.07) is 5.51. The van der Waals surface area contributed by atoms with Crippen LogP contribution < -0.4 is 14.8 Å². The number of likely N-dealkylation sites (tertiary alicyclic amines) is 1. The molecule has 0 radical (unpaired) electrons. The van der Waals surface area contributed by atoms with Crippen LogP contribution in [0.5, 0.6) is 11.5 Å². The van der Waals surface area contributed by atoms with Crippen molar-refractivity contribution in [3.63, 3.8) is 0 Å². The summed E-state index contributed by atoms with van der Waals surface area (Å²) in [5, 5.41) is 2.66. The van der Waals surface area contributed by atoms with Crippen molar-refractivity contribution < 1.29 is 19.1 Å². The van der Waals surface area contributed by atoms with Crippen molar-refractivity contribution in [2.24, 2.45) is 0 Å². The van der Waals surface area contributed by atoms with Crippen LogP contribution in [0.2, 0.25) is 0 Å². The van der Waals surface area contributed by atoms with Crippen LogP contribution in [0.3, 0.4) is 0 Å². The first kappa shape index (κ1) is 16.6. The van der Waals surface area contributed by atoms with Crippen molar-refractivity contribution in [1.29, 1.82) is 0 Å². The van der Waals surface area contributed by atoms with Crippen LogP contribution >= 0.6 is 0 Å². The summed E-state index contributed by atoms with van der Waals surface area (Å²) >= 11 is 0. The number of carbonyl (C=O) groups excluding carboxylic acids is 2. The molecule has 2 aliphatic rings. The van der Waals surface area contributed by atoms with E-state index in [0.717, 1.165) is 36.4 Å². The summed E-state index contributed by atoms with van der Waals surface area (Å²) in [5.74, 6) is 1.40. The van der Waals surface area contributed by atoms with E-state index in [4.69, 9.17) is 9.47 Å². The van der Waals surface area contributed by atoms with Crippen molar-refractivity contribution in [1.82, 2.24) is 15.1 Å². The van der Waals surface area contributed by atoms with Crippen molar-refractivity contribution in [3.8, 4) is 11.5 Å². The lowest BCUT2D eigenvalue weighted by Crippen LogP contribution is -2.41. The van der Waals surface area contributed by atoms with Gasteiger partial charge in [-0.15, -0.1) is 0 Å². The van der Waals surface area contributed by atoms with Crippen LogP contribution in [0.4, 0.5) is 4.79 Å². The minimum absolute atomic E-state index is 0.0877. The zero-order valence-corrected chi connectivity index (χ0v) is 14.1. The maximum absolute atomic E-state index is 12.4. The van der Waals surface area contributed by atoms with E-state index in [-0.39, 0.29) is 24.5 Å². The molecule has 1 unspecified atom stereocenters. The predicted molar refractivity (Wildman–Crippen MR) is 88.2 cm³/mol. The Kier molecular flexibility index (Phi) is 4.89. The number of hydrogen-bond donors (Lipinski definition) is 1. The Morgan fingerprint density at radius 3 is 2.79 bits per heavy atom. The standard InChI is InChI=1S/C17H23N3O4/c1-23-12-5-6-15(24-2)13(10-12)14-4-3-8-19(14)11-16(21)20-9-7-18-17(20)22/h5-6,10,14H,3-4,7-9,11H2,1-2H3,(H,18,22). The minimum atomic E-state index is -0.297. The van der Waals surface area contributed by atoms with Crippen LogP contribution in [0.25, 0.3) is 0 Å². The van der Waals surface area contributed by atoms with E-state index in [0.29, 0.717) is 13.1 Å². The smallest absolute Gasteiger partial charge is 0.324 e. The van der Waals surface area contributed by atoms with E-state index in [1.54, 1.807) is 14.2 Å². The highest BCUT2D eigenvalue weighted by molar-refractivity contribution is 5.96. The van der Waals surface area contributed by atoms with Gasteiger partial charge in [0.2, 0.25) is 5.91 Å². The van der Waals surface area contributed by atoms with Gasteiger partial charge in [0.25, 0.3) is 0 Å². The molecule has 1 aromatic carbocycles. The summed E-state index contributed by atoms with van der Waals surface area (Å²) < 4.78 is 10.8. The van der Waals surface area contributed by atoms with Crippen LogP contribution in [0.1, 0.15) is 24.4 Å². The summed E-state index contributed by atoms with van der Waals surface area (Å²) in [6.07, 6.45) is 1.95. The van der Waals surface area contributed by atoms with Gasteiger partial charge in [-0.05, 0) is 37.6 Å². The number of nitrogens with zero attached hydrogens (tertiary/aromatic N) is 2. The summed E-state index contributed by atoms with van der Waals surface area (Å²) in [5.41, 5.74) is 1.02. The average molecular weight is 333 g/mol. The molecule has 1 N–H and O–H groups in total. The highest BCUT2D eigenvalue weighted by Crippen LogP contribution is 2.38. The molecule has 130 valence electrons. The fourth-order valence-corrected chi connectivity index (χ4v) is 3.44. The van der Waals surface area contributed by atoms with Gasteiger partial charge >= 0.3 is 6.03 Å². The van der Waals surface area contributed by atoms with Gasteiger partial charge < -0.3 is 14.8 Å². The van der Waals surface area contributed by atoms with Gasteiger partial charge in [-0.3, -0.25) is 14.6 Å². The number of methoxy groups -OCH3 is 2. The lowest BCUT2D eigenvalue weighted by molar-refractivity contribution is -0.129. The second kappa shape index (κ2) is 7.09. The first-order valence-corrected chi connectivity index (χ1v) is 8.18. The topological polar surface area (TPSA) is 71.1 Å². The van der Waals surface area contributed by atoms with E-state index >= 15 is 0 Å². The largest absolute Gasteiger partial charge is 0.497 e. The lowest BCUT2D eigenvalue weighted by atomic mass is 10.0. The molecule has 2 aliphatic heterocycles. The molecule has 24 heavy (non-hydrogen) atoms. The normalized spacial score (nSPS) is 21.0. The number of nitrogens with one attached hydrogen (secondary N) is 1. The zero-order chi connectivity index (χ0) is 17.1. The molecule has 7 nitrogen and oxygen atoms in total. The first-order valence-electron chi connectivity index (χ1n) is 8.18. The molecule has 2 fully saturated rings. The molecule has 0 bridgehead atoms. The van der Waals surface area contributed by atoms with Crippen molar-refractivity contribution >= 4 is 11.9 Å². The summed E-state index contributed by atoms with van der Waals surface area (Å²) in [7, 11) is 3.28. The summed E-state index contributed by atoms with van der Waals surface area (Å²) in [6.45, 7) is 2.03. The van der Waals surface area contributed by atoms with Gasteiger partial charge in [0, 0.05) is 24.7 Å². The second-order valence-electron chi connectivity index (χ2n) is 6.01. The highest BCUT2D eigenvalue weighted by atomic mass is 16.5. The Labute approximate surface area is 141 Å². The second-order valence-corrected chi connectivity index (χ2v) is 6.01. The SMILES string of the molecule is COc1ccc(OC)c(C2CCCN2CC(=O)N2CCNC2=O)c1. The Hall–Kier alpha value is -2.28. The Morgan fingerprint density at radius 1 is 1.29 bits per heavy atom. The molecule has 0 aromatic heterocycles. The maximum Gasteiger partial charge on any atom is 0.324 e. The number of hydrogen-bond acceptors (Lipinski definition) is 5. The predicted octanol–water partition coefficient (Wildman–Crippen LogP) is 1.39. The van der Waals surface area contributed by atoms with E-state index in [9.17, 15) is 9.59 Å². The molecular formula is C17H23N3O4. The first-order chi connectivity index (χ1) is 11.6. The third kappa shape index (κ3) is 3.17.